The first-order valence-corrected chi connectivity index (χ1v) is 42.9. The molecular weight excluding hydrogens is 1570 g/mol. The van der Waals surface area contributed by atoms with Crippen molar-refractivity contribution in [3.05, 3.63) is 437 Å². The normalized spacial score (nSPS) is 11.8. The van der Waals surface area contributed by atoms with Gasteiger partial charge in [0.25, 0.3) is 0 Å². The van der Waals surface area contributed by atoms with E-state index in [1.165, 1.54) is 10.9 Å². The van der Waals surface area contributed by atoms with Crippen molar-refractivity contribution in [1.29, 1.82) is 0 Å². The molecule has 0 atom stereocenters. The molecule has 0 saturated heterocycles. The van der Waals surface area contributed by atoms with E-state index in [0.717, 1.165) is 206 Å². The second-order valence-corrected chi connectivity index (χ2v) is 32.5. The van der Waals surface area contributed by atoms with Crippen LogP contribution in [0.15, 0.2) is 454 Å². The number of rotatable bonds is 17. The number of fused-ring (bicyclic) bond motifs is 11. The van der Waals surface area contributed by atoms with Crippen LogP contribution in [0, 0.1) is 0 Å². The van der Waals surface area contributed by atoms with Crippen LogP contribution in [-0.2, 0) is 0 Å². The van der Waals surface area contributed by atoms with Crippen LogP contribution in [0.3, 0.4) is 0 Å². The third-order valence-electron chi connectivity index (χ3n) is 24.9. The quantitative estimate of drug-likeness (QED) is 0.0871. The first kappa shape index (κ1) is 73.3. The van der Waals surface area contributed by atoms with E-state index in [1.807, 2.05) is 72.8 Å². The molecule has 0 unspecified atom stereocenters. The summed E-state index contributed by atoms with van der Waals surface area (Å²) in [4.78, 5) is 24.5. The number of nitrogens with zero attached hydrogens (tertiary/aromatic N) is 8. The lowest BCUT2D eigenvalue weighted by Gasteiger charge is -2.27. The van der Waals surface area contributed by atoms with Crippen molar-refractivity contribution in [1.82, 2.24) is 29.1 Å². The Balaban J connectivity index is 0.524. The van der Waals surface area contributed by atoms with E-state index >= 15 is 0 Å². The summed E-state index contributed by atoms with van der Waals surface area (Å²) in [6.07, 6.45) is 0. The van der Waals surface area contributed by atoms with Crippen LogP contribution in [0.2, 0.25) is 0 Å². The van der Waals surface area contributed by atoms with Crippen molar-refractivity contribution in [2.45, 2.75) is 0 Å². The van der Waals surface area contributed by atoms with Gasteiger partial charge in [0.15, 0.2) is 22.3 Å². The van der Waals surface area contributed by atoms with Crippen molar-refractivity contribution in [2.75, 3.05) is 9.80 Å². The van der Waals surface area contributed by atoms with Gasteiger partial charge >= 0.3 is 0 Å². The zero-order valence-electron chi connectivity index (χ0n) is 68.8. The van der Waals surface area contributed by atoms with Crippen LogP contribution in [-0.4, -0.2) is 29.1 Å². The van der Waals surface area contributed by atoms with Crippen molar-refractivity contribution in [2.24, 2.45) is 0 Å². The molecule has 0 bridgehead atoms. The maximum Gasteiger partial charge on any atom is 0.227 e. The summed E-state index contributed by atoms with van der Waals surface area (Å²) in [5.41, 5.74) is 33.4. The lowest BCUT2D eigenvalue weighted by molar-refractivity contribution is 0.619. The Kier molecular flexibility index (Phi) is 17.3. The molecule has 0 aliphatic carbocycles. The number of hydrogen-bond acceptors (Lipinski definition) is 10. The second kappa shape index (κ2) is 30.2. The standard InChI is InChI=1S/C116H72N8O4/c1-3-16-73(17-4-1)75-30-49-88(50-31-75)121(90-59-40-81(41-60-90)113-117-100-23-9-12-27-109(100)125-113)89-51-32-76(33-52-89)78-36-55-93(56-37-78)123-105-63-44-83(74-18-5-2-6-19-74)68-96(105)98-71-87(47-66-107(98)123)116-120-103-72-85(48-67-112(103)128-116)84-45-64-106-97(69-84)99-70-86(115-119-102-25-11-14-29-111(102)127-115)46-65-108(99)124(106)94-57-38-79(39-58-94)77-34-53-91(54-35-77)122(104-26-15-21-80-20-7-8-22-95(80)104)92-61-42-82(43-62-92)114-118-101-24-10-13-28-110(101)126-114/h1-72H. The van der Waals surface area contributed by atoms with Gasteiger partial charge in [-0.3, -0.25) is 0 Å². The molecule has 25 rings (SSSR count). The average Bonchev–Trinajstić information content (AvgIpc) is 1.58. The molecule has 0 aliphatic rings. The fraction of sp³-hybridized carbons (Fsp3) is 0. The van der Waals surface area contributed by atoms with Gasteiger partial charge < -0.3 is 36.6 Å². The van der Waals surface area contributed by atoms with E-state index in [2.05, 4.69) is 383 Å². The van der Waals surface area contributed by atoms with E-state index in [0.29, 0.717) is 29.1 Å². The number of benzene rings is 19. The SMILES string of the molecule is c1ccc(-c2ccc(N(c3ccc(-c4ccc(-n5c6ccc(-c7ccccc7)cc6c6cc(-c7nc8cc(-c9ccc%10c(c9)c9cc(-c%11nc%12ccccc%12o%11)ccc9n%10-c9ccc(-c%10ccc(N(c%11ccc(-c%12nc%13ccccc%13o%12)cc%11)c%11cccc%12ccccc%11%12)cc%10)cc9)ccc8o7)ccc65)cc4)cc3)c3ccc(-c4nc5ccccc5o4)cc3)cc2)cc1. The lowest BCUT2D eigenvalue weighted by Crippen LogP contribution is -2.10. The highest BCUT2D eigenvalue weighted by atomic mass is 16.4. The minimum absolute atomic E-state index is 0.543. The molecular formula is C116H72N8O4. The van der Waals surface area contributed by atoms with Crippen molar-refractivity contribution >= 4 is 133 Å². The van der Waals surface area contributed by atoms with Gasteiger partial charge in [0.1, 0.15) is 22.1 Å². The highest BCUT2D eigenvalue weighted by Crippen LogP contribution is 2.46. The van der Waals surface area contributed by atoms with Crippen molar-refractivity contribution in [3.63, 3.8) is 0 Å². The Labute approximate surface area is 734 Å². The fourth-order valence-electron chi connectivity index (χ4n) is 18.5. The van der Waals surface area contributed by atoms with E-state index in [-0.39, 0.29) is 0 Å². The molecule has 6 heterocycles. The zero-order chi connectivity index (χ0) is 84.3. The average molecular weight is 1640 g/mol. The first-order valence-electron chi connectivity index (χ1n) is 42.9. The minimum Gasteiger partial charge on any atom is -0.436 e. The predicted molar refractivity (Wildman–Crippen MR) is 521 cm³/mol. The van der Waals surface area contributed by atoms with Gasteiger partial charge in [-0.05, 0) is 285 Å². The second-order valence-electron chi connectivity index (χ2n) is 32.5. The van der Waals surface area contributed by atoms with Crippen LogP contribution >= 0.6 is 0 Å². The number of oxazole rings is 4. The van der Waals surface area contributed by atoms with Crippen LogP contribution in [0.25, 0.3) is 212 Å². The first-order chi connectivity index (χ1) is 63.3. The van der Waals surface area contributed by atoms with Gasteiger partial charge in [-0.15, -0.1) is 0 Å². The largest absolute Gasteiger partial charge is 0.436 e. The fourth-order valence-corrected chi connectivity index (χ4v) is 18.5. The molecule has 0 aliphatic heterocycles. The number of aromatic nitrogens is 6. The molecule has 25 aromatic rings. The molecule has 12 heteroatoms. The van der Waals surface area contributed by atoms with Gasteiger partial charge in [0.05, 0.1) is 27.8 Å². The van der Waals surface area contributed by atoms with Crippen LogP contribution in [0.5, 0.6) is 0 Å². The van der Waals surface area contributed by atoms with E-state index in [1.54, 1.807) is 0 Å². The molecule has 0 spiro atoms. The number of hydrogen-bond donors (Lipinski definition) is 0. The molecule has 0 amide bonds. The summed E-state index contributed by atoms with van der Waals surface area (Å²) in [6.45, 7) is 0. The van der Waals surface area contributed by atoms with Gasteiger partial charge in [0.2, 0.25) is 23.6 Å². The Hall–Kier alpha value is -17.5. The summed E-state index contributed by atoms with van der Waals surface area (Å²) in [7, 11) is 0. The third-order valence-corrected chi connectivity index (χ3v) is 24.9. The maximum atomic E-state index is 6.79. The number of para-hydroxylation sites is 6. The molecule has 128 heavy (non-hydrogen) atoms. The van der Waals surface area contributed by atoms with E-state index in [4.69, 9.17) is 37.6 Å². The Morgan fingerprint density at radius 2 is 0.461 bits per heavy atom. The smallest absolute Gasteiger partial charge is 0.227 e. The Morgan fingerprint density at radius 3 is 0.883 bits per heavy atom. The molecule has 0 N–H and O–H groups in total. The Bertz CT molecular complexity index is 8480. The van der Waals surface area contributed by atoms with Crippen molar-refractivity contribution in [3.8, 4) is 113 Å². The van der Waals surface area contributed by atoms with Crippen LogP contribution in [0.4, 0.5) is 34.1 Å². The molecule has 19 aromatic carbocycles. The maximum absolute atomic E-state index is 6.79. The summed E-state index contributed by atoms with van der Waals surface area (Å²) in [5, 5.41) is 6.68. The monoisotopic (exact) mass is 1640 g/mol. The van der Waals surface area contributed by atoms with Crippen molar-refractivity contribution < 1.29 is 17.7 Å². The van der Waals surface area contributed by atoms with Gasteiger partial charge in [0, 0.05) is 89.0 Å². The molecule has 0 saturated carbocycles. The molecule has 12 nitrogen and oxygen atoms in total. The zero-order valence-corrected chi connectivity index (χ0v) is 68.8. The summed E-state index contributed by atoms with van der Waals surface area (Å²) in [5.74, 6) is 2.29. The van der Waals surface area contributed by atoms with Crippen LogP contribution in [0.1, 0.15) is 0 Å². The number of anilines is 6. The molecule has 600 valence electrons. The molecule has 0 radical (unpaired) electrons. The summed E-state index contributed by atoms with van der Waals surface area (Å²) < 4.78 is 30.3. The third kappa shape index (κ3) is 12.9. The van der Waals surface area contributed by atoms with E-state index < -0.39 is 0 Å². The molecule has 6 aromatic heterocycles. The van der Waals surface area contributed by atoms with Gasteiger partial charge in [-0.2, -0.15) is 0 Å². The summed E-state index contributed by atoms with van der Waals surface area (Å²) in [6, 6.07) is 154. The van der Waals surface area contributed by atoms with E-state index in [9.17, 15) is 0 Å². The van der Waals surface area contributed by atoms with Gasteiger partial charge in [-0.25, -0.2) is 19.9 Å². The lowest BCUT2D eigenvalue weighted by atomic mass is 10.0. The van der Waals surface area contributed by atoms with Gasteiger partial charge in [-0.1, -0.05) is 212 Å². The highest BCUT2D eigenvalue weighted by molar-refractivity contribution is 6.14. The summed E-state index contributed by atoms with van der Waals surface area (Å²) >= 11 is 0. The molecule has 0 fully saturated rings. The topological polar surface area (TPSA) is 120 Å². The highest BCUT2D eigenvalue weighted by Gasteiger charge is 2.24. The Morgan fingerprint density at radius 1 is 0.180 bits per heavy atom. The minimum atomic E-state index is 0.543. The predicted octanol–water partition coefficient (Wildman–Crippen LogP) is 31.5. The van der Waals surface area contributed by atoms with Crippen LogP contribution < -0.4 is 9.80 Å².